The number of sulfone groups is 1. The highest BCUT2D eigenvalue weighted by molar-refractivity contribution is 7.90. The second kappa shape index (κ2) is 6.39. The van der Waals surface area contributed by atoms with Gasteiger partial charge in [-0.1, -0.05) is 36.4 Å². The van der Waals surface area contributed by atoms with Crippen molar-refractivity contribution in [3.05, 3.63) is 54.1 Å². The maximum atomic E-state index is 11.5. The van der Waals surface area contributed by atoms with Crippen molar-refractivity contribution in [2.45, 2.75) is 17.9 Å². The summed E-state index contributed by atoms with van der Waals surface area (Å²) in [7, 11) is -3.17. The summed E-state index contributed by atoms with van der Waals surface area (Å²) < 4.78 is 23.1. The van der Waals surface area contributed by atoms with Gasteiger partial charge in [-0.25, -0.2) is 8.42 Å². The second-order valence-corrected chi connectivity index (χ2v) is 6.73. The van der Waals surface area contributed by atoms with Crippen molar-refractivity contribution in [3.63, 3.8) is 0 Å². The summed E-state index contributed by atoms with van der Waals surface area (Å²) >= 11 is 0. The molecule has 0 saturated carbocycles. The molecule has 0 saturated heterocycles. The average Bonchev–Trinajstić information content (AvgIpc) is 2.38. The molecule has 5 heteroatoms. The van der Waals surface area contributed by atoms with Crippen LogP contribution in [-0.4, -0.2) is 14.7 Å². The molecule has 20 heavy (non-hydrogen) atoms. The molecule has 0 bridgehead atoms. The number of nitrogens with two attached hydrogens (primary N) is 1. The normalized spacial score (nSPS) is 12.6. The Bertz CT molecular complexity index is 679. The average molecular weight is 312 g/mol. The van der Waals surface area contributed by atoms with E-state index in [9.17, 15) is 8.42 Å². The molecule has 2 rings (SSSR count). The molecule has 0 amide bonds. The summed E-state index contributed by atoms with van der Waals surface area (Å²) in [5, 5.41) is 0. The summed E-state index contributed by atoms with van der Waals surface area (Å²) in [5.41, 5.74) is 8.73. The lowest BCUT2D eigenvalue weighted by Gasteiger charge is -2.08. The molecule has 1 atom stereocenters. The van der Waals surface area contributed by atoms with Gasteiger partial charge >= 0.3 is 0 Å². The largest absolute Gasteiger partial charge is 0.324 e. The third-order valence-electron chi connectivity index (χ3n) is 3.03. The van der Waals surface area contributed by atoms with Crippen molar-refractivity contribution in [2.75, 3.05) is 6.26 Å². The topological polar surface area (TPSA) is 60.2 Å². The zero-order valence-electron chi connectivity index (χ0n) is 11.4. The SMILES string of the molecule is CC(N)c1ccc(-c2cccc(S(C)(=O)=O)c2)cc1.Cl. The molecule has 3 nitrogen and oxygen atoms in total. The first-order valence-corrected chi connectivity index (χ1v) is 7.93. The van der Waals surface area contributed by atoms with Gasteiger partial charge in [-0.2, -0.15) is 0 Å². The van der Waals surface area contributed by atoms with Crippen LogP contribution in [0.4, 0.5) is 0 Å². The van der Waals surface area contributed by atoms with Crippen LogP contribution in [0.25, 0.3) is 11.1 Å². The molecule has 0 aliphatic carbocycles. The van der Waals surface area contributed by atoms with Crippen LogP contribution in [0.2, 0.25) is 0 Å². The van der Waals surface area contributed by atoms with Crippen molar-refractivity contribution in [1.82, 2.24) is 0 Å². The zero-order chi connectivity index (χ0) is 14.0. The van der Waals surface area contributed by atoms with Gasteiger partial charge in [0.1, 0.15) is 0 Å². The Balaban J connectivity index is 0.00000200. The summed E-state index contributed by atoms with van der Waals surface area (Å²) in [4.78, 5) is 0.335. The minimum atomic E-state index is -3.17. The maximum absolute atomic E-state index is 11.5. The van der Waals surface area contributed by atoms with Gasteiger partial charge in [0.2, 0.25) is 0 Å². The van der Waals surface area contributed by atoms with E-state index < -0.39 is 9.84 Å². The van der Waals surface area contributed by atoms with Crippen LogP contribution in [-0.2, 0) is 9.84 Å². The van der Waals surface area contributed by atoms with Gasteiger partial charge in [-0.3, -0.25) is 0 Å². The fourth-order valence-corrected chi connectivity index (χ4v) is 2.55. The molecule has 0 aliphatic heterocycles. The number of hydrogen-bond donors (Lipinski definition) is 1. The van der Waals surface area contributed by atoms with Crippen molar-refractivity contribution >= 4 is 22.2 Å². The van der Waals surface area contributed by atoms with Gasteiger partial charge in [-0.15, -0.1) is 12.4 Å². The van der Waals surface area contributed by atoms with Crippen molar-refractivity contribution in [1.29, 1.82) is 0 Å². The van der Waals surface area contributed by atoms with Gasteiger partial charge in [0.25, 0.3) is 0 Å². The first kappa shape index (κ1) is 16.7. The maximum Gasteiger partial charge on any atom is 0.175 e. The first-order valence-electron chi connectivity index (χ1n) is 6.04. The molecule has 2 N–H and O–H groups in total. The van der Waals surface area contributed by atoms with Crippen molar-refractivity contribution in [3.8, 4) is 11.1 Å². The van der Waals surface area contributed by atoms with E-state index in [0.717, 1.165) is 16.7 Å². The molecular formula is C15H18ClNO2S. The molecular weight excluding hydrogens is 294 g/mol. The van der Waals surface area contributed by atoms with E-state index in [2.05, 4.69) is 0 Å². The number of rotatable bonds is 3. The molecule has 108 valence electrons. The Labute approximate surface area is 126 Å². The number of halogens is 1. The van der Waals surface area contributed by atoms with Crippen LogP contribution >= 0.6 is 12.4 Å². The summed E-state index contributed by atoms with van der Waals surface area (Å²) in [6, 6.07) is 14.8. The fraction of sp³-hybridized carbons (Fsp3) is 0.200. The summed E-state index contributed by atoms with van der Waals surface area (Å²) in [6.07, 6.45) is 1.21. The van der Waals surface area contributed by atoms with Gasteiger partial charge in [0.15, 0.2) is 9.84 Å². The van der Waals surface area contributed by atoms with E-state index in [1.807, 2.05) is 37.3 Å². The molecule has 0 spiro atoms. The van der Waals surface area contributed by atoms with Crippen LogP contribution in [0.3, 0.4) is 0 Å². The van der Waals surface area contributed by atoms with E-state index in [0.29, 0.717) is 4.90 Å². The monoisotopic (exact) mass is 311 g/mol. The Morgan fingerprint density at radius 3 is 2.10 bits per heavy atom. The van der Waals surface area contributed by atoms with E-state index >= 15 is 0 Å². The van der Waals surface area contributed by atoms with Crippen LogP contribution in [0.15, 0.2) is 53.4 Å². The Morgan fingerprint density at radius 1 is 1.00 bits per heavy atom. The quantitative estimate of drug-likeness (QED) is 0.947. The Kier molecular flexibility index (Phi) is 5.34. The molecule has 2 aromatic rings. The predicted molar refractivity (Wildman–Crippen MR) is 84.8 cm³/mol. The lowest BCUT2D eigenvalue weighted by atomic mass is 10.0. The van der Waals surface area contributed by atoms with Crippen LogP contribution in [0.5, 0.6) is 0 Å². The molecule has 0 aromatic heterocycles. The van der Waals surface area contributed by atoms with Crippen LogP contribution in [0.1, 0.15) is 18.5 Å². The molecule has 0 heterocycles. The standard InChI is InChI=1S/C15H17NO2S.ClH/c1-11(16)12-6-8-13(9-7-12)14-4-3-5-15(10-14)19(2,17)18;/h3-11H,16H2,1-2H3;1H. The van der Waals surface area contributed by atoms with Crippen molar-refractivity contribution in [2.24, 2.45) is 5.73 Å². The minimum Gasteiger partial charge on any atom is -0.324 e. The van der Waals surface area contributed by atoms with Crippen molar-refractivity contribution < 1.29 is 8.42 Å². The van der Waals surface area contributed by atoms with Gasteiger partial charge in [-0.05, 0) is 35.7 Å². The fourth-order valence-electron chi connectivity index (χ4n) is 1.89. The zero-order valence-corrected chi connectivity index (χ0v) is 13.0. The van der Waals surface area contributed by atoms with E-state index in [1.54, 1.807) is 18.2 Å². The van der Waals surface area contributed by atoms with E-state index in [1.165, 1.54) is 6.26 Å². The Morgan fingerprint density at radius 2 is 1.60 bits per heavy atom. The molecule has 2 aromatic carbocycles. The van der Waals surface area contributed by atoms with E-state index in [4.69, 9.17) is 5.73 Å². The summed E-state index contributed by atoms with van der Waals surface area (Å²) in [6.45, 7) is 1.93. The molecule has 0 radical (unpaired) electrons. The number of hydrogen-bond acceptors (Lipinski definition) is 3. The highest BCUT2D eigenvalue weighted by Crippen LogP contribution is 2.23. The minimum absolute atomic E-state index is 0. The Hall–Kier alpha value is -1.36. The highest BCUT2D eigenvalue weighted by atomic mass is 35.5. The van der Waals surface area contributed by atoms with Crippen LogP contribution < -0.4 is 5.73 Å². The van der Waals surface area contributed by atoms with Gasteiger partial charge in [0, 0.05) is 12.3 Å². The second-order valence-electron chi connectivity index (χ2n) is 4.71. The third kappa shape index (κ3) is 3.82. The molecule has 0 aliphatic rings. The lowest BCUT2D eigenvalue weighted by Crippen LogP contribution is -2.04. The predicted octanol–water partition coefficient (Wildman–Crippen LogP) is 3.20. The third-order valence-corrected chi connectivity index (χ3v) is 4.14. The molecule has 1 unspecified atom stereocenters. The smallest absolute Gasteiger partial charge is 0.175 e. The molecule has 0 fully saturated rings. The highest BCUT2D eigenvalue weighted by Gasteiger charge is 2.08. The summed E-state index contributed by atoms with van der Waals surface area (Å²) in [5.74, 6) is 0. The first-order chi connectivity index (χ1) is 8.88. The van der Waals surface area contributed by atoms with Crippen LogP contribution in [0, 0.1) is 0 Å². The number of benzene rings is 2. The van der Waals surface area contributed by atoms with Gasteiger partial charge < -0.3 is 5.73 Å². The van der Waals surface area contributed by atoms with E-state index in [-0.39, 0.29) is 18.4 Å². The van der Waals surface area contributed by atoms with Gasteiger partial charge in [0.05, 0.1) is 4.90 Å². The lowest BCUT2D eigenvalue weighted by molar-refractivity contribution is 0.602.